The van der Waals surface area contributed by atoms with Gasteiger partial charge in [0.05, 0.1) is 11.0 Å². The van der Waals surface area contributed by atoms with Crippen molar-refractivity contribution in [2.75, 3.05) is 13.1 Å². The highest BCUT2D eigenvalue weighted by Crippen LogP contribution is 2.24. The van der Waals surface area contributed by atoms with Gasteiger partial charge in [-0.15, -0.1) is 12.4 Å². The third-order valence-corrected chi connectivity index (χ3v) is 4.00. The van der Waals surface area contributed by atoms with E-state index < -0.39 is 0 Å². The molecule has 0 aliphatic carbocycles. The predicted molar refractivity (Wildman–Crippen MR) is 90.1 cm³/mol. The zero-order valence-electron chi connectivity index (χ0n) is 12.1. The van der Waals surface area contributed by atoms with Crippen LogP contribution in [-0.4, -0.2) is 31.1 Å². The highest BCUT2D eigenvalue weighted by atomic mass is 79.9. The minimum Gasteiger partial charge on any atom is -0.488 e. The van der Waals surface area contributed by atoms with E-state index in [1.807, 2.05) is 31.2 Å². The van der Waals surface area contributed by atoms with Crippen LogP contribution in [-0.2, 0) is 4.79 Å². The molecule has 1 aliphatic rings. The molecule has 0 saturated carbocycles. The number of hydrogen-bond acceptors (Lipinski definition) is 3. The van der Waals surface area contributed by atoms with E-state index in [-0.39, 0.29) is 24.4 Å². The summed E-state index contributed by atoms with van der Waals surface area (Å²) in [4.78, 5) is 11.8. The second-order valence-electron chi connectivity index (χ2n) is 5.16. The van der Waals surface area contributed by atoms with Crippen LogP contribution in [0.3, 0.4) is 0 Å². The van der Waals surface area contributed by atoms with Crippen LogP contribution in [0.4, 0.5) is 0 Å². The molecule has 1 heterocycles. The monoisotopic (exact) mass is 376 g/mol. The van der Waals surface area contributed by atoms with Gasteiger partial charge in [-0.1, -0.05) is 12.1 Å². The Kier molecular flexibility index (Phi) is 8.07. The van der Waals surface area contributed by atoms with Crippen molar-refractivity contribution in [3.05, 3.63) is 28.7 Å². The highest BCUT2D eigenvalue weighted by molar-refractivity contribution is 9.10. The van der Waals surface area contributed by atoms with E-state index in [4.69, 9.17) is 4.74 Å². The third-order valence-electron chi connectivity index (χ3n) is 3.35. The first-order chi connectivity index (χ1) is 9.65. The fourth-order valence-corrected chi connectivity index (χ4v) is 2.66. The van der Waals surface area contributed by atoms with Crippen LogP contribution in [0, 0.1) is 0 Å². The van der Waals surface area contributed by atoms with Crippen LogP contribution in [0.5, 0.6) is 5.75 Å². The Morgan fingerprint density at radius 3 is 2.95 bits per heavy atom. The molecular formula is C15H22BrClN2O2. The fraction of sp³-hybridized carbons (Fsp3) is 0.533. The molecular weight excluding hydrogens is 356 g/mol. The van der Waals surface area contributed by atoms with Gasteiger partial charge in [0, 0.05) is 12.5 Å². The van der Waals surface area contributed by atoms with Crippen LogP contribution in [0.15, 0.2) is 28.7 Å². The van der Waals surface area contributed by atoms with Gasteiger partial charge >= 0.3 is 0 Å². The summed E-state index contributed by atoms with van der Waals surface area (Å²) in [6.07, 6.45) is 2.76. The molecule has 6 heteroatoms. The molecule has 2 atom stereocenters. The number of para-hydroxylation sites is 1. The van der Waals surface area contributed by atoms with Gasteiger partial charge in [-0.2, -0.15) is 0 Å². The molecule has 2 unspecified atom stereocenters. The number of halogens is 2. The molecule has 2 N–H and O–H groups in total. The molecule has 1 aromatic rings. The second kappa shape index (κ2) is 9.28. The molecule has 4 nitrogen and oxygen atoms in total. The summed E-state index contributed by atoms with van der Waals surface area (Å²) in [5, 5.41) is 6.25. The summed E-state index contributed by atoms with van der Waals surface area (Å²) in [5.74, 6) is 0.888. The molecule has 1 amide bonds. The molecule has 2 rings (SSSR count). The Balaban J connectivity index is 0.00000220. The van der Waals surface area contributed by atoms with E-state index in [0.717, 1.165) is 23.2 Å². The smallest absolute Gasteiger partial charge is 0.221 e. The molecule has 0 aromatic heterocycles. The molecule has 0 radical (unpaired) electrons. The van der Waals surface area contributed by atoms with Crippen LogP contribution in [0.2, 0.25) is 0 Å². The van der Waals surface area contributed by atoms with Crippen molar-refractivity contribution >= 4 is 34.2 Å². The van der Waals surface area contributed by atoms with Crippen molar-refractivity contribution in [2.24, 2.45) is 0 Å². The lowest BCUT2D eigenvalue weighted by atomic mass is 10.1. The Labute approximate surface area is 140 Å². The van der Waals surface area contributed by atoms with Crippen molar-refractivity contribution in [2.45, 2.75) is 38.3 Å². The zero-order valence-corrected chi connectivity index (χ0v) is 14.5. The minimum absolute atomic E-state index is 0. The number of nitrogens with one attached hydrogen (secondary N) is 2. The Morgan fingerprint density at radius 2 is 2.29 bits per heavy atom. The Bertz CT molecular complexity index is 453. The van der Waals surface area contributed by atoms with Crippen molar-refractivity contribution in [3.63, 3.8) is 0 Å². The summed E-state index contributed by atoms with van der Waals surface area (Å²) in [6.45, 7) is 3.50. The first-order valence-electron chi connectivity index (χ1n) is 7.06. The zero-order chi connectivity index (χ0) is 14.4. The number of amides is 1. The van der Waals surface area contributed by atoms with Crippen LogP contribution in [0.1, 0.15) is 26.2 Å². The number of carbonyl (C=O) groups excluding carboxylic acids is 1. The van der Waals surface area contributed by atoms with Gasteiger partial charge in [-0.05, 0) is 54.4 Å². The van der Waals surface area contributed by atoms with Crippen molar-refractivity contribution in [3.8, 4) is 5.75 Å². The third kappa shape index (κ3) is 6.24. The van der Waals surface area contributed by atoms with Crippen LogP contribution < -0.4 is 15.4 Å². The molecule has 21 heavy (non-hydrogen) atoms. The quantitative estimate of drug-likeness (QED) is 0.801. The van der Waals surface area contributed by atoms with Gasteiger partial charge in [0.15, 0.2) is 0 Å². The van der Waals surface area contributed by atoms with Gasteiger partial charge in [0.25, 0.3) is 0 Å². The summed E-state index contributed by atoms with van der Waals surface area (Å²) in [5.41, 5.74) is 0. The summed E-state index contributed by atoms with van der Waals surface area (Å²) in [7, 11) is 0. The van der Waals surface area contributed by atoms with E-state index in [0.29, 0.717) is 19.0 Å². The van der Waals surface area contributed by atoms with Gasteiger partial charge < -0.3 is 15.4 Å². The van der Waals surface area contributed by atoms with Crippen molar-refractivity contribution in [1.82, 2.24) is 10.6 Å². The molecule has 1 fully saturated rings. The molecule has 0 spiro atoms. The molecule has 118 valence electrons. The second-order valence-corrected chi connectivity index (χ2v) is 6.01. The molecule has 0 bridgehead atoms. The maximum atomic E-state index is 11.8. The lowest BCUT2D eigenvalue weighted by Crippen LogP contribution is -2.37. The lowest BCUT2D eigenvalue weighted by molar-refractivity contribution is -0.121. The number of hydrogen-bond donors (Lipinski definition) is 2. The van der Waals surface area contributed by atoms with Crippen molar-refractivity contribution < 1.29 is 9.53 Å². The van der Waals surface area contributed by atoms with E-state index in [9.17, 15) is 4.79 Å². The first kappa shape index (κ1) is 18.3. The van der Waals surface area contributed by atoms with E-state index in [2.05, 4.69) is 26.6 Å². The average Bonchev–Trinajstić information content (AvgIpc) is 2.92. The number of benzene rings is 1. The van der Waals surface area contributed by atoms with Crippen LogP contribution in [0.25, 0.3) is 0 Å². The van der Waals surface area contributed by atoms with Gasteiger partial charge in [-0.3, -0.25) is 4.79 Å². The molecule has 1 aliphatic heterocycles. The number of ether oxygens (including phenoxy) is 1. The maximum absolute atomic E-state index is 11.8. The summed E-state index contributed by atoms with van der Waals surface area (Å²) < 4.78 is 6.71. The fourth-order valence-electron chi connectivity index (χ4n) is 2.28. The highest BCUT2D eigenvalue weighted by Gasteiger charge is 2.18. The normalized spacial score (nSPS) is 18.7. The average molecular weight is 378 g/mol. The van der Waals surface area contributed by atoms with Crippen molar-refractivity contribution in [1.29, 1.82) is 0 Å². The Hall–Kier alpha value is -0.780. The molecule has 1 saturated heterocycles. The number of carbonyl (C=O) groups is 1. The lowest BCUT2D eigenvalue weighted by Gasteiger charge is -2.17. The topological polar surface area (TPSA) is 50.4 Å². The van der Waals surface area contributed by atoms with E-state index >= 15 is 0 Å². The van der Waals surface area contributed by atoms with Gasteiger partial charge in [0.2, 0.25) is 5.91 Å². The van der Waals surface area contributed by atoms with E-state index in [1.165, 1.54) is 6.42 Å². The van der Waals surface area contributed by atoms with Gasteiger partial charge in [-0.25, -0.2) is 0 Å². The predicted octanol–water partition coefficient (Wildman–Crippen LogP) is 2.90. The standard InChI is InChI=1S/C15H21BrN2O2.ClH/c1-11(20-14-7-3-2-6-13(14)16)10-18-15(19)9-12-5-4-8-17-12;/h2-3,6-7,11-12,17H,4-5,8-10H2,1H3,(H,18,19);1H. The number of rotatable bonds is 6. The van der Waals surface area contributed by atoms with Gasteiger partial charge in [0.1, 0.15) is 11.9 Å². The first-order valence-corrected chi connectivity index (χ1v) is 7.85. The maximum Gasteiger partial charge on any atom is 0.221 e. The SMILES string of the molecule is CC(CNC(=O)CC1CCCN1)Oc1ccccc1Br.Cl. The molecule has 1 aromatic carbocycles. The Morgan fingerprint density at radius 1 is 1.52 bits per heavy atom. The van der Waals surface area contributed by atoms with E-state index in [1.54, 1.807) is 0 Å². The summed E-state index contributed by atoms with van der Waals surface area (Å²) in [6, 6.07) is 8.06. The largest absolute Gasteiger partial charge is 0.488 e. The van der Waals surface area contributed by atoms with Crippen LogP contribution >= 0.6 is 28.3 Å². The minimum atomic E-state index is -0.0609. The summed E-state index contributed by atoms with van der Waals surface area (Å²) >= 11 is 3.44.